The number of H-pyrrole nitrogens is 2. The van der Waals surface area contributed by atoms with Gasteiger partial charge in [0.25, 0.3) is 11.8 Å². The third-order valence-electron chi connectivity index (χ3n) is 13.2. The van der Waals surface area contributed by atoms with Crippen molar-refractivity contribution < 1.29 is 48.3 Å². The highest BCUT2D eigenvalue weighted by atomic mass is 16.5. The molecule has 2 aromatic heterocycles. The molecule has 6 aromatic rings. The Morgan fingerprint density at radius 3 is 1.51 bits per heavy atom. The van der Waals surface area contributed by atoms with Crippen LogP contribution < -0.4 is 4.74 Å². The number of carbonyl (C=O) groups is 4. The summed E-state index contributed by atoms with van der Waals surface area (Å²) >= 11 is 0. The molecule has 3 aliphatic heterocycles. The molecular weight excluding hydrogens is 987 g/mol. The Morgan fingerprint density at radius 2 is 1.12 bits per heavy atom. The summed E-state index contributed by atoms with van der Waals surface area (Å²) in [5.41, 5.74) is 5.80. The number of likely N-dealkylation sites (N-methyl/N-ethyl adjacent to an activating group) is 1. The van der Waals surface area contributed by atoms with E-state index in [0.717, 1.165) is 59.1 Å². The number of hydrogen-bond donors (Lipinski definition) is 4. The van der Waals surface area contributed by atoms with E-state index in [1.807, 2.05) is 93.5 Å². The fourth-order valence-corrected chi connectivity index (χ4v) is 9.57. The predicted molar refractivity (Wildman–Crippen MR) is 308 cm³/mol. The van der Waals surface area contributed by atoms with Crippen LogP contribution in [0.2, 0.25) is 0 Å². The zero-order chi connectivity index (χ0) is 56.9. The van der Waals surface area contributed by atoms with Crippen LogP contribution in [0, 0.1) is 5.92 Å². The zero-order valence-electron chi connectivity index (χ0n) is 47.7. The third kappa shape index (κ3) is 15.5. The van der Waals surface area contributed by atoms with Gasteiger partial charge in [0.15, 0.2) is 0 Å². The molecule has 78 heavy (non-hydrogen) atoms. The molecule has 15 heteroatoms. The minimum Gasteiger partial charge on any atom is -0.508 e. The first-order valence-corrected chi connectivity index (χ1v) is 27.1. The summed E-state index contributed by atoms with van der Waals surface area (Å²) < 4.78 is 21.9. The fourth-order valence-electron chi connectivity index (χ4n) is 9.57. The van der Waals surface area contributed by atoms with Crippen molar-refractivity contribution in [2.45, 2.75) is 112 Å². The van der Waals surface area contributed by atoms with Crippen LogP contribution in [0.5, 0.6) is 11.5 Å². The summed E-state index contributed by atoms with van der Waals surface area (Å²) in [4.78, 5) is 65.4. The largest absolute Gasteiger partial charge is 0.508 e. The number of aromatic nitrogens is 2. The number of para-hydroxylation sites is 2. The van der Waals surface area contributed by atoms with E-state index < -0.39 is 22.8 Å². The highest BCUT2D eigenvalue weighted by Gasteiger charge is 2.39. The topological polar surface area (TPSA) is 187 Å². The van der Waals surface area contributed by atoms with Gasteiger partial charge in [0, 0.05) is 95.6 Å². The maximum atomic E-state index is 13.8. The van der Waals surface area contributed by atoms with Crippen LogP contribution >= 0.6 is 0 Å². The van der Waals surface area contributed by atoms with Crippen molar-refractivity contribution in [3.63, 3.8) is 0 Å². The lowest BCUT2D eigenvalue weighted by Crippen LogP contribution is -2.37. The minimum absolute atomic E-state index is 0.0135. The van der Waals surface area contributed by atoms with Crippen LogP contribution in [0.3, 0.4) is 0 Å². The summed E-state index contributed by atoms with van der Waals surface area (Å²) in [7, 11) is 3.97. The van der Waals surface area contributed by atoms with Crippen LogP contribution in [-0.4, -0.2) is 131 Å². The van der Waals surface area contributed by atoms with E-state index in [4.69, 9.17) is 24.1 Å². The number of ether oxygens (including phenoxy) is 4. The maximum absolute atomic E-state index is 13.8. The highest BCUT2D eigenvalue weighted by molar-refractivity contribution is 6.19. The Labute approximate surface area is 460 Å². The maximum Gasteiger partial charge on any atom is 0.342 e. The normalized spacial score (nSPS) is 15.3. The Bertz CT molecular complexity index is 3070. The molecule has 0 atom stereocenters. The minimum atomic E-state index is -0.491. The van der Waals surface area contributed by atoms with Crippen molar-refractivity contribution in [3.05, 3.63) is 143 Å². The number of rotatable bonds is 12. The standard InChI is InChI=1S/C29H35N3O4.C25H26N2O4.C5H12O.C4H8O/c1-19(2)36-28(34)23-17-32(27(33)20-10-9-11-21(16-20)35-15-14-31(5)6)18-29(3,4)25-22-12-7-8-13-24(22)30-26(23)25;1-15(2)31-24(30)19-13-27(23(29)16-8-7-9-17(28)12-16)14-25(3,4)21-18-10-5-6-11-20(18)26-22(19)21;1-5(2)3-4-6;1-2-4-5-3-1/h7-13,16-17,19,30H,14-15,18H2,1-6H3;5-13,15,26,28H,14H2,1-4H3;5-6H,3-4H2,1-2H3;1-4H2. The first-order chi connectivity index (χ1) is 37.0. The molecule has 0 spiro atoms. The Balaban J connectivity index is 0.000000212. The molecule has 15 nitrogen and oxygen atoms in total. The number of nitrogens with zero attached hydrogens (tertiary/aromatic N) is 3. The van der Waals surface area contributed by atoms with E-state index in [1.165, 1.54) is 29.9 Å². The van der Waals surface area contributed by atoms with E-state index in [9.17, 15) is 24.3 Å². The molecule has 1 saturated heterocycles. The second kappa shape index (κ2) is 26.9. The van der Waals surface area contributed by atoms with Crippen LogP contribution in [0.4, 0.5) is 0 Å². The smallest absolute Gasteiger partial charge is 0.342 e. The predicted octanol–water partition coefficient (Wildman–Crippen LogP) is 11.3. The van der Waals surface area contributed by atoms with Crippen molar-refractivity contribution >= 4 is 56.7 Å². The summed E-state index contributed by atoms with van der Waals surface area (Å²) in [5.74, 6) is -0.159. The first kappa shape index (κ1) is 60.0. The Hall–Kier alpha value is -7.20. The molecule has 0 unspecified atom stereocenters. The van der Waals surface area contributed by atoms with Crippen molar-refractivity contribution in [1.82, 2.24) is 24.7 Å². The number of aliphatic hydroxyl groups is 1. The number of benzene rings is 4. The summed E-state index contributed by atoms with van der Waals surface area (Å²) in [6, 6.07) is 29.3. The highest BCUT2D eigenvalue weighted by Crippen LogP contribution is 2.42. The number of fused-ring (bicyclic) bond motifs is 6. The fraction of sp³-hybridized carbons (Fsp3) is 0.429. The lowest BCUT2D eigenvalue weighted by molar-refractivity contribution is -0.141. The quantitative estimate of drug-likeness (QED) is 0.0854. The van der Waals surface area contributed by atoms with Crippen LogP contribution in [0.1, 0.15) is 132 Å². The van der Waals surface area contributed by atoms with Gasteiger partial charge in [-0.25, -0.2) is 9.59 Å². The average Bonchev–Trinajstić information content (AvgIpc) is 4.35. The molecular formula is C63H81N5O10. The van der Waals surface area contributed by atoms with Crippen molar-refractivity contribution in [3.8, 4) is 11.5 Å². The summed E-state index contributed by atoms with van der Waals surface area (Å²) in [6.07, 6.45) is 6.10. The molecule has 9 rings (SSSR count). The molecule has 1 fully saturated rings. The van der Waals surface area contributed by atoms with Gasteiger partial charge in [0.2, 0.25) is 0 Å². The Morgan fingerprint density at radius 1 is 0.654 bits per heavy atom. The van der Waals surface area contributed by atoms with E-state index in [0.29, 0.717) is 71.6 Å². The SMILES string of the molecule is C1CCOC1.CC(C)CCO.CC(C)OC(=O)C1=CN(C(=O)c2cccc(O)c2)CC(C)(C)c2c1[nH]c1ccccc21.CC(C)OC(=O)C1=CN(C(=O)c2cccc(OCCN(C)C)c2)CC(C)(C)c2c1[nH]c1ccccc21. The average molecular weight is 1070 g/mol. The lowest BCUT2D eigenvalue weighted by atomic mass is 9.81. The number of carbonyl (C=O) groups excluding carboxylic acids is 4. The number of aromatic amines is 2. The van der Waals surface area contributed by atoms with Crippen molar-refractivity contribution in [1.29, 1.82) is 0 Å². The molecule has 0 radical (unpaired) electrons. The van der Waals surface area contributed by atoms with Gasteiger partial charge >= 0.3 is 11.9 Å². The van der Waals surface area contributed by atoms with Gasteiger partial charge in [-0.2, -0.15) is 0 Å². The molecule has 3 aliphatic rings. The van der Waals surface area contributed by atoms with Crippen molar-refractivity contribution in [2.24, 2.45) is 5.92 Å². The van der Waals surface area contributed by atoms with E-state index in [2.05, 4.69) is 51.5 Å². The van der Waals surface area contributed by atoms with Gasteiger partial charge < -0.3 is 53.8 Å². The first-order valence-electron chi connectivity index (χ1n) is 27.1. The molecule has 418 valence electrons. The van der Waals surface area contributed by atoms with Gasteiger partial charge in [-0.3, -0.25) is 9.59 Å². The van der Waals surface area contributed by atoms with Gasteiger partial charge in [0.1, 0.15) is 18.1 Å². The Kier molecular flexibility index (Phi) is 20.7. The number of nitrogens with one attached hydrogen (secondary N) is 2. The number of phenolic OH excluding ortho intramolecular Hbond substituents is 1. The number of esters is 2. The number of hydrogen-bond acceptors (Lipinski definition) is 11. The molecule has 0 saturated carbocycles. The van der Waals surface area contributed by atoms with Gasteiger partial charge in [-0.1, -0.05) is 90.1 Å². The second-order valence-corrected chi connectivity index (χ2v) is 22.4. The zero-order valence-corrected chi connectivity index (χ0v) is 47.7. The molecule has 4 aromatic carbocycles. The van der Waals surface area contributed by atoms with E-state index >= 15 is 0 Å². The van der Waals surface area contributed by atoms with Gasteiger partial charge in [0.05, 0.1) is 34.7 Å². The second-order valence-electron chi connectivity index (χ2n) is 22.4. The molecule has 0 bridgehead atoms. The third-order valence-corrected chi connectivity index (χ3v) is 13.2. The monoisotopic (exact) mass is 1070 g/mol. The van der Waals surface area contributed by atoms with Crippen LogP contribution in [0.25, 0.3) is 33.0 Å². The summed E-state index contributed by atoms with van der Waals surface area (Å²) in [6.45, 7) is 24.1. The molecule has 2 amide bonds. The number of phenols is 1. The summed E-state index contributed by atoms with van der Waals surface area (Å²) in [5, 5.41) is 20.1. The van der Waals surface area contributed by atoms with E-state index in [1.54, 1.807) is 55.4 Å². The lowest BCUT2D eigenvalue weighted by Gasteiger charge is -2.29. The van der Waals surface area contributed by atoms with Crippen LogP contribution in [0.15, 0.2) is 109 Å². The number of amides is 2. The number of aromatic hydroxyl groups is 1. The molecule has 0 aliphatic carbocycles. The van der Waals surface area contributed by atoms with Crippen LogP contribution in [-0.2, 0) is 34.6 Å². The van der Waals surface area contributed by atoms with Gasteiger partial charge in [-0.05, 0) is 127 Å². The van der Waals surface area contributed by atoms with E-state index in [-0.39, 0.29) is 29.8 Å². The van der Waals surface area contributed by atoms with Crippen molar-refractivity contribution in [2.75, 3.05) is 60.2 Å². The van der Waals surface area contributed by atoms with Gasteiger partial charge in [-0.15, -0.1) is 0 Å². The molecule has 5 heterocycles. The molecule has 4 N–H and O–H groups in total. The number of aliphatic hydroxyl groups excluding tert-OH is 1.